The summed E-state index contributed by atoms with van der Waals surface area (Å²) in [4.78, 5) is -0.223. The number of alkyl halides is 3. The van der Waals surface area contributed by atoms with Gasteiger partial charge in [0.15, 0.2) is 0 Å². The van der Waals surface area contributed by atoms with E-state index in [2.05, 4.69) is 15.9 Å². The molecule has 3 nitrogen and oxygen atoms in total. The van der Waals surface area contributed by atoms with Gasteiger partial charge in [-0.1, -0.05) is 12.1 Å². The number of rotatable bonds is 3. The quantitative estimate of drug-likeness (QED) is 0.929. The normalized spacial score (nSPS) is 12.8. The molecule has 0 atom stereocenters. The van der Waals surface area contributed by atoms with Crippen LogP contribution < -0.4 is 4.72 Å². The van der Waals surface area contributed by atoms with Gasteiger partial charge in [0.2, 0.25) is 10.0 Å². The van der Waals surface area contributed by atoms with Crippen LogP contribution in [0.25, 0.3) is 0 Å². The summed E-state index contributed by atoms with van der Waals surface area (Å²) in [6.45, 7) is -1.59. The van der Waals surface area contributed by atoms with Crippen molar-refractivity contribution in [3.05, 3.63) is 28.7 Å². The molecule has 8 heteroatoms. The first kappa shape index (κ1) is 13.5. The summed E-state index contributed by atoms with van der Waals surface area (Å²) >= 11 is 2.95. The zero-order valence-electron chi connectivity index (χ0n) is 7.75. The highest BCUT2D eigenvalue weighted by molar-refractivity contribution is 9.10. The molecule has 0 unspecified atom stereocenters. The van der Waals surface area contributed by atoms with Gasteiger partial charge >= 0.3 is 6.18 Å². The van der Waals surface area contributed by atoms with Crippen molar-refractivity contribution >= 4 is 26.0 Å². The lowest BCUT2D eigenvalue weighted by atomic mass is 10.4. The molecule has 90 valence electrons. The number of halogens is 4. The fourth-order valence-corrected chi connectivity index (χ4v) is 2.93. The minimum atomic E-state index is -4.58. The first-order chi connectivity index (χ1) is 7.22. The second-order valence-electron chi connectivity index (χ2n) is 2.87. The highest BCUT2D eigenvalue weighted by Gasteiger charge is 2.30. The third-order valence-corrected chi connectivity index (χ3v) is 4.00. The van der Waals surface area contributed by atoms with E-state index < -0.39 is 22.7 Å². The molecule has 0 radical (unpaired) electrons. The van der Waals surface area contributed by atoms with Gasteiger partial charge in [-0.15, -0.1) is 0 Å². The molecule has 16 heavy (non-hydrogen) atoms. The van der Waals surface area contributed by atoms with Gasteiger partial charge in [0.1, 0.15) is 6.54 Å². The molecular weight excluding hydrogens is 311 g/mol. The van der Waals surface area contributed by atoms with Crippen LogP contribution in [0, 0.1) is 0 Å². The van der Waals surface area contributed by atoms with E-state index in [9.17, 15) is 21.6 Å². The second-order valence-corrected chi connectivity index (χ2v) is 5.46. The largest absolute Gasteiger partial charge is 0.402 e. The van der Waals surface area contributed by atoms with Crippen LogP contribution in [0.1, 0.15) is 0 Å². The van der Waals surface area contributed by atoms with Crippen molar-refractivity contribution in [1.29, 1.82) is 0 Å². The average molecular weight is 318 g/mol. The maximum Gasteiger partial charge on any atom is 0.402 e. The van der Waals surface area contributed by atoms with Gasteiger partial charge in [0, 0.05) is 4.47 Å². The zero-order valence-corrected chi connectivity index (χ0v) is 10.2. The lowest BCUT2D eigenvalue weighted by molar-refractivity contribution is -0.121. The fourth-order valence-electron chi connectivity index (χ4n) is 0.917. The highest BCUT2D eigenvalue weighted by atomic mass is 79.9. The molecular formula is C8H7BrF3NO2S. The molecule has 1 aromatic rings. The van der Waals surface area contributed by atoms with E-state index in [1.54, 1.807) is 6.07 Å². The molecule has 0 heterocycles. The molecule has 0 aliphatic carbocycles. The summed E-state index contributed by atoms with van der Waals surface area (Å²) in [7, 11) is -4.14. The number of hydrogen-bond donors (Lipinski definition) is 1. The molecule has 0 bridgehead atoms. The third kappa shape index (κ3) is 3.76. The van der Waals surface area contributed by atoms with E-state index >= 15 is 0 Å². The van der Waals surface area contributed by atoms with E-state index in [0.717, 1.165) is 0 Å². The van der Waals surface area contributed by atoms with Gasteiger partial charge < -0.3 is 0 Å². The number of benzene rings is 1. The summed E-state index contributed by atoms with van der Waals surface area (Å²) in [5, 5.41) is 0. The van der Waals surface area contributed by atoms with Gasteiger partial charge in [0.25, 0.3) is 0 Å². The van der Waals surface area contributed by atoms with Crippen LogP contribution in [0.15, 0.2) is 33.6 Å². The number of hydrogen-bond acceptors (Lipinski definition) is 2. The van der Waals surface area contributed by atoms with E-state index in [4.69, 9.17) is 0 Å². The summed E-state index contributed by atoms with van der Waals surface area (Å²) in [5.41, 5.74) is 0. The molecule has 1 aromatic carbocycles. The van der Waals surface area contributed by atoms with Crippen molar-refractivity contribution in [3.63, 3.8) is 0 Å². The maximum absolute atomic E-state index is 11.9. The van der Waals surface area contributed by atoms with Crippen LogP contribution in [-0.4, -0.2) is 21.1 Å². The Morgan fingerprint density at radius 3 is 2.31 bits per heavy atom. The molecule has 0 aliphatic heterocycles. The number of sulfonamides is 1. The third-order valence-electron chi connectivity index (χ3n) is 1.59. The van der Waals surface area contributed by atoms with Crippen molar-refractivity contribution in [2.75, 3.05) is 6.54 Å². The lowest BCUT2D eigenvalue weighted by Gasteiger charge is -2.10. The SMILES string of the molecule is O=S(=O)(NCC(F)(F)F)c1ccccc1Br. The molecule has 0 aliphatic rings. The first-order valence-electron chi connectivity index (χ1n) is 4.03. The van der Waals surface area contributed by atoms with Crippen LogP contribution in [-0.2, 0) is 10.0 Å². The zero-order chi connectivity index (χ0) is 12.4. The molecule has 0 fully saturated rings. The maximum atomic E-state index is 11.9. The Labute approximate surface area is 98.8 Å². The smallest absolute Gasteiger partial charge is 0.207 e. The summed E-state index contributed by atoms with van der Waals surface area (Å²) < 4.78 is 60.2. The van der Waals surface area contributed by atoms with E-state index in [1.165, 1.54) is 22.9 Å². The lowest BCUT2D eigenvalue weighted by Crippen LogP contribution is -2.33. The van der Waals surface area contributed by atoms with Crippen LogP contribution >= 0.6 is 15.9 Å². The van der Waals surface area contributed by atoms with Crippen molar-refractivity contribution in [1.82, 2.24) is 4.72 Å². The molecule has 0 amide bonds. The van der Waals surface area contributed by atoms with Crippen LogP contribution in [0.4, 0.5) is 13.2 Å². The minimum Gasteiger partial charge on any atom is -0.207 e. The summed E-state index contributed by atoms with van der Waals surface area (Å²) in [6.07, 6.45) is -4.58. The van der Waals surface area contributed by atoms with Gasteiger partial charge in [-0.05, 0) is 28.1 Å². The predicted molar refractivity (Wildman–Crippen MR) is 55.4 cm³/mol. The van der Waals surface area contributed by atoms with Gasteiger partial charge in [-0.3, -0.25) is 0 Å². The molecule has 1 rings (SSSR count). The average Bonchev–Trinajstić information content (AvgIpc) is 2.14. The Kier molecular flexibility index (Phi) is 3.97. The van der Waals surface area contributed by atoms with Crippen molar-refractivity contribution < 1.29 is 21.6 Å². The van der Waals surface area contributed by atoms with Crippen LogP contribution in [0.2, 0.25) is 0 Å². The fraction of sp³-hybridized carbons (Fsp3) is 0.250. The molecule has 1 N–H and O–H groups in total. The Bertz CT molecular complexity index is 472. The van der Waals surface area contributed by atoms with Gasteiger partial charge in [-0.2, -0.15) is 13.2 Å². The van der Waals surface area contributed by atoms with E-state index in [1.807, 2.05) is 0 Å². The van der Waals surface area contributed by atoms with Crippen molar-refractivity contribution in [3.8, 4) is 0 Å². The standard InChI is InChI=1S/C8H7BrF3NO2S/c9-6-3-1-2-4-7(6)16(14,15)13-5-8(10,11)12/h1-4,13H,5H2. The Morgan fingerprint density at radius 1 is 1.25 bits per heavy atom. The molecule has 0 saturated heterocycles. The predicted octanol–water partition coefficient (Wildman–Crippen LogP) is 2.29. The molecule has 0 aromatic heterocycles. The summed E-state index contributed by atoms with van der Waals surface area (Å²) in [5.74, 6) is 0. The van der Waals surface area contributed by atoms with Gasteiger partial charge in [-0.25, -0.2) is 13.1 Å². The molecule has 0 saturated carbocycles. The Morgan fingerprint density at radius 2 is 1.81 bits per heavy atom. The number of nitrogens with one attached hydrogen (secondary N) is 1. The van der Waals surface area contributed by atoms with Crippen LogP contribution in [0.3, 0.4) is 0 Å². The molecule has 0 spiro atoms. The highest BCUT2D eigenvalue weighted by Crippen LogP contribution is 2.21. The van der Waals surface area contributed by atoms with Gasteiger partial charge in [0.05, 0.1) is 4.90 Å². The van der Waals surface area contributed by atoms with Crippen molar-refractivity contribution in [2.24, 2.45) is 0 Å². The van der Waals surface area contributed by atoms with Crippen molar-refractivity contribution in [2.45, 2.75) is 11.1 Å². The second kappa shape index (κ2) is 4.72. The first-order valence-corrected chi connectivity index (χ1v) is 6.31. The van der Waals surface area contributed by atoms with Crippen LogP contribution in [0.5, 0.6) is 0 Å². The minimum absolute atomic E-state index is 0.213. The summed E-state index contributed by atoms with van der Waals surface area (Å²) in [6, 6.07) is 5.63. The topological polar surface area (TPSA) is 46.2 Å². The monoisotopic (exact) mass is 317 g/mol. The van der Waals surface area contributed by atoms with E-state index in [-0.39, 0.29) is 9.37 Å². The van der Waals surface area contributed by atoms with E-state index in [0.29, 0.717) is 0 Å². The Hall–Kier alpha value is -0.600. The Balaban J connectivity index is 2.92.